The third kappa shape index (κ3) is 3.61. The van der Waals surface area contributed by atoms with Crippen LogP contribution in [0.4, 0.5) is 0 Å². The first kappa shape index (κ1) is 13.7. The van der Waals surface area contributed by atoms with Crippen LogP contribution in [-0.4, -0.2) is 4.98 Å². The summed E-state index contributed by atoms with van der Waals surface area (Å²) in [5.74, 6) is 0.770. The number of rotatable bonds is 5. The van der Waals surface area contributed by atoms with Crippen molar-refractivity contribution >= 4 is 23.9 Å². The van der Waals surface area contributed by atoms with Gasteiger partial charge in [0.05, 0.1) is 0 Å². The lowest BCUT2D eigenvalue weighted by atomic mass is 10.2. The Labute approximate surface area is 118 Å². The Hall–Kier alpha value is -1.74. The zero-order valence-corrected chi connectivity index (χ0v) is 12.0. The molecule has 2 rings (SSSR count). The van der Waals surface area contributed by atoms with Crippen molar-refractivity contribution in [2.24, 2.45) is 0 Å². The fourth-order valence-corrected chi connectivity index (χ4v) is 2.31. The molecule has 1 aromatic heterocycles. The maximum atomic E-state index is 5.74. The molecule has 0 amide bonds. The number of hydrogen-bond donors (Lipinski definition) is 0. The number of allylic oxidation sites excluding steroid dienone is 1. The Morgan fingerprint density at radius 1 is 1.32 bits per heavy atom. The van der Waals surface area contributed by atoms with Crippen LogP contribution < -0.4 is 0 Å². The van der Waals surface area contributed by atoms with Gasteiger partial charge < -0.3 is 4.42 Å². The molecule has 0 saturated carbocycles. The SMILES string of the molecule is C=Cc1nc(Sc2ccc(C)cc2)oc1/C=C\CC. The van der Waals surface area contributed by atoms with Crippen molar-refractivity contribution in [3.63, 3.8) is 0 Å². The summed E-state index contributed by atoms with van der Waals surface area (Å²) in [7, 11) is 0. The normalized spacial score (nSPS) is 11.1. The summed E-state index contributed by atoms with van der Waals surface area (Å²) in [5.41, 5.74) is 2.04. The van der Waals surface area contributed by atoms with Gasteiger partial charge in [-0.25, -0.2) is 4.98 Å². The average molecular weight is 271 g/mol. The molecule has 1 aromatic carbocycles. The minimum Gasteiger partial charge on any atom is -0.431 e. The van der Waals surface area contributed by atoms with Gasteiger partial charge in [0.15, 0.2) is 5.76 Å². The molecular formula is C16H17NOS. The van der Waals surface area contributed by atoms with E-state index in [2.05, 4.69) is 49.7 Å². The lowest BCUT2D eigenvalue weighted by molar-refractivity contribution is 0.447. The first-order chi connectivity index (χ1) is 9.22. The van der Waals surface area contributed by atoms with Crippen molar-refractivity contribution in [3.05, 3.63) is 53.9 Å². The smallest absolute Gasteiger partial charge is 0.261 e. The van der Waals surface area contributed by atoms with Crippen molar-refractivity contribution in [2.45, 2.75) is 30.4 Å². The van der Waals surface area contributed by atoms with Gasteiger partial charge in [0.2, 0.25) is 0 Å². The van der Waals surface area contributed by atoms with Gasteiger partial charge >= 0.3 is 0 Å². The van der Waals surface area contributed by atoms with Crippen LogP contribution >= 0.6 is 11.8 Å². The molecular weight excluding hydrogens is 254 g/mol. The van der Waals surface area contributed by atoms with E-state index in [1.807, 2.05) is 12.2 Å². The lowest BCUT2D eigenvalue weighted by Crippen LogP contribution is -1.76. The molecule has 0 aliphatic heterocycles. The first-order valence-electron chi connectivity index (χ1n) is 6.27. The topological polar surface area (TPSA) is 26.0 Å². The summed E-state index contributed by atoms with van der Waals surface area (Å²) in [6.45, 7) is 7.92. The number of benzene rings is 1. The fourth-order valence-electron chi connectivity index (χ4n) is 1.56. The number of aromatic nitrogens is 1. The third-order valence-corrected chi connectivity index (χ3v) is 3.44. The molecule has 0 radical (unpaired) electrons. The van der Waals surface area contributed by atoms with Crippen LogP contribution in [0, 0.1) is 6.92 Å². The molecule has 0 bridgehead atoms. The average Bonchev–Trinajstić information content (AvgIpc) is 2.81. The Morgan fingerprint density at radius 2 is 2.05 bits per heavy atom. The Bertz CT molecular complexity index is 581. The van der Waals surface area contributed by atoms with Crippen molar-refractivity contribution in [2.75, 3.05) is 0 Å². The Morgan fingerprint density at radius 3 is 2.68 bits per heavy atom. The fraction of sp³-hybridized carbons (Fsp3) is 0.188. The molecule has 19 heavy (non-hydrogen) atoms. The highest BCUT2D eigenvalue weighted by Gasteiger charge is 2.09. The first-order valence-corrected chi connectivity index (χ1v) is 7.09. The predicted molar refractivity (Wildman–Crippen MR) is 81.2 cm³/mol. The number of hydrogen-bond acceptors (Lipinski definition) is 3. The molecule has 3 heteroatoms. The standard InChI is InChI=1S/C16H17NOS/c1-4-6-7-15-14(5-2)17-16(18-15)19-13-10-8-12(3)9-11-13/h5-11H,2,4H2,1,3H3/b7-6-. The van der Waals surface area contributed by atoms with Crippen LogP contribution in [0.3, 0.4) is 0 Å². The zero-order valence-electron chi connectivity index (χ0n) is 11.2. The van der Waals surface area contributed by atoms with Crippen LogP contribution in [0.15, 0.2) is 51.5 Å². The van der Waals surface area contributed by atoms with E-state index in [4.69, 9.17) is 4.42 Å². The largest absolute Gasteiger partial charge is 0.431 e. The van der Waals surface area contributed by atoms with E-state index >= 15 is 0 Å². The van der Waals surface area contributed by atoms with Crippen LogP contribution in [0.5, 0.6) is 0 Å². The van der Waals surface area contributed by atoms with Gasteiger partial charge in [0, 0.05) is 4.90 Å². The Balaban J connectivity index is 2.21. The van der Waals surface area contributed by atoms with Gasteiger partial charge in [0.25, 0.3) is 5.22 Å². The lowest BCUT2D eigenvalue weighted by Gasteiger charge is -1.97. The van der Waals surface area contributed by atoms with Gasteiger partial charge in [-0.3, -0.25) is 0 Å². The van der Waals surface area contributed by atoms with Gasteiger partial charge in [-0.15, -0.1) is 0 Å². The number of oxazole rings is 1. The van der Waals surface area contributed by atoms with Crippen LogP contribution in [0.2, 0.25) is 0 Å². The van der Waals surface area contributed by atoms with Gasteiger partial charge in [-0.05, 0) is 49.4 Å². The molecule has 0 fully saturated rings. The van der Waals surface area contributed by atoms with E-state index in [-0.39, 0.29) is 0 Å². The highest BCUT2D eigenvalue weighted by Crippen LogP contribution is 2.29. The van der Waals surface area contributed by atoms with Gasteiger partial charge in [-0.1, -0.05) is 37.3 Å². The van der Waals surface area contributed by atoms with Crippen molar-refractivity contribution in [1.82, 2.24) is 4.98 Å². The molecule has 0 spiro atoms. The summed E-state index contributed by atoms with van der Waals surface area (Å²) in [5, 5.41) is 0.648. The number of aryl methyl sites for hydroxylation is 1. The molecule has 0 saturated heterocycles. The summed E-state index contributed by atoms with van der Waals surface area (Å²) in [6, 6.07) is 8.30. The highest BCUT2D eigenvalue weighted by molar-refractivity contribution is 7.99. The summed E-state index contributed by atoms with van der Waals surface area (Å²) < 4.78 is 5.74. The van der Waals surface area contributed by atoms with E-state index in [0.717, 1.165) is 22.8 Å². The summed E-state index contributed by atoms with van der Waals surface area (Å²) >= 11 is 1.52. The molecule has 0 aliphatic carbocycles. The van der Waals surface area contributed by atoms with Crippen molar-refractivity contribution < 1.29 is 4.42 Å². The predicted octanol–water partition coefficient (Wildman–Crippen LogP) is 5.20. The maximum Gasteiger partial charge on any atom is 0.261 e. The van der Waals surface area contributed by atoms with Gasteiger partial charge in [0.1, 0.15) is 5.69 Å². The van der Waals surface area contributed by atoms with Crippen molar-refractivity contribution in [3.8, 4) is 0 Å². The third-order valence-electron chi connectivity index (χ3n) is 2.59. The number of nitrogens with zero attached hydrogens (tertiary/aromatic N) is 1. The minimum absolute atomic E-state index is 0.648. The maximum absolute atomic E-state index is 5.74. The van der Waals surface area contributed by atoms with E-state index in [1.165, 1.54) is 17.3 Å². The van der Waals surface area contributed by atoms with Crippen molar-refractivity contribution in [1.29, 1.82) is 0 Å². The molecule has 0 unspecified atom stereocenters. The van der Waals surface area contributed by atoms with Crippen LogP contribution in [-0.2, 0) is 0 Å². The minimum atomic E-state index is 0.648. The second-order valence-electron chi connectivity index (χ2n) is 4.16. The molecule has 0 aliphatic rings. The van der Waals surface area contributed by atoms with E-state index in [0.29, 0.717) is 5.22 Å². The summed E-state index contributed by atoms with van der Waals surface area (Å²) in [4.78, 5) is 5.55. The zero-order chi connectivity index (χ0) is 13.7. The molecule has 1 heterocycles. The van der Waals surface area contributed by atoms with Gasteiger partial charge in [-0.2, -0.15) is 0 Å². The molecule has 98 valence electrons. The second-order valence-corrected chi connectivity index (χ2v) is 5.18. The molecule has 2 aromatic rings. The van der Waals surface area contributed by atoms with Crippen LogP contribution in [0.25, 0.3) is 12.2 Å². The van der Waals surface area contributed by atoms with Crippen LogP contribution in [0.1, 0.15) is 30.4 Å². The highest BCUT2D eigenvalue weighted by atomic mass is 32.2. The second kappa shape index (κ2) is 6.43. The van der Waals surface area contributed by atoms with E-state index in [1.54, 1.807) is 6.08 Å². The van der Waals surface area contributed by atoms with E-state index < -0.39 is 0 Å². The molecule has 2 nitrogen and oxygen atoms in total. The quantitative estimate of drug-likeness (QED) is 0.747. The monoisotopic (exact) mass is 271 g/mol. The molecule has 0 N–H and O–H groups in total. The summed E-state index contributed by atoms with van der Waals surface area (Å²) in [6.07, 6.45) is 6.69. The Kier molecular flexibility index (Phi) is 4.63. The van der Waals surface area contributed by atoms with E-state index in [9.17, 15) is 0 Å². The molecule has 0 atom stereocenters.